The molecule has 7 nitrogen and oxygen atoms in total. The van der Waals surface area contributed by atoms with E-state index in [1.165, 1.54) is 18.2 Å². The van der Waals surface area contributed by atoms with Gasteiger partial charge in [0.15, 0.2) is 17.5 Å². The minimum Gasteiger partial charge on any atom is -0.363 e. The van der Waals surface area contributed by atoms with Gasteiger partial charge in [0.2, 0.25) is 5.91 Å². The van der Waals surface area contributed by atoms with Crippen LogP contribution in [0.25, 0.3) is 0 Å². The average Bonchev–Trinajstić information content (AvgIpc) is 3.73. The van der Waals surface area contributed by atoms with Gasteiger partial charge in [-0.1, -0.05) is 12.1 Å². The summed E-state index contributed by atoms with van der Waals surface area (Å²) in [6.45, 7) is 2.07. The first kappa shape index (κ1) is 21.4. The molecule has 9 heteroatoms. The molecule has 4 N–H and O–H groups in total. The maximum Gasteiger partial charge on any atom is 0.223 e. The normalized spacial score (nSPS) is 16.3. The number of aromatic nitrogens is 3. The molecule has 2 aliphatic carbocycles. The van der Waals surface area contributed by atoms with Crippen LogP contribution in [0.1, 0.15) is 61.4 Å². The van der Waals surface area contributed by atoms with Crippen molar-refractivity contribution in [3.05, 3.63) is 64.9 Å². The summed E-state index contributed by atoms with van der Waals surface area (Å²) >= 11 is 0. The van der Waals surface area contributed by atoms with Crippen LogP contribution >= 0.6 is 0 Å². The lowest BCUT2D eigenvalue weighted by Crippen LogP contribution is -2.25. The van der Waals surface area contributed by atoms with Gasteiger partial charge in [0.25, 0.3) is 0 Å². The van der Waals surface area contributed by atoms with E-state index in [4.69, 9.17) is 0 Å². The average molecular weight is 453 g/mol. The maximum atomic E-state index is 14.9. The molecule has 2 aromatic heterocycles. The van der Waals surface area contributed by atoms with Crippen molar-refractivity contribution < 1.29 is 13.6 Å². The highest BCUT2D eigenvalue weighted by Crippen LogP contribution is 2.39. The summed E-state index contributed by atoms with van der Waals surface area (Å²) < 4.78 is 28.3. The van der Waals surface area contributed by atoms with E-state index < -0.39 is 5.82 Å². The largest absolute Gasteiger partial charge is 0.363 e. The van der Waals surface area contributed by atoms with E-state index in [9.17, 15) is 13.6 Å². The quantitative estimate of drug-likeness (QED) is 0.370. The van der Waals surface area contributed by atoms with Crippen molar-refractivity contribution in [2.24, 2.45) is 5.92 Å². The van der Waals surface area contributed by atoms with Gasteiger partial charge in [0.05, 0.1) is 0 Å². The summed E-state index contributed by atoms with van der Waals surface area (Å²) in [4.78, 5) is 16.6. The number of rotatable bonds is 9. The molecule has 0 radical (unpaired) electrons. The van der Waals surface area contributed by atoms with E-state index >= 15 is 0 Å². The van der Waals surface area contributed by atoms with Gasteiger partial charge in [-0.15, -0.1) is 0 Å². The molecule has 2 saturated carbocycles. The number of benzene rings is 1. The van der Waals surface area contributed by atoms with Crippen molar-refractivity contribution in [2.75, 3.05) is 10.6 Å². The molecule has 33 heavy (non-hydrogen) atoms. The Morgan fingerprint density at radius 3 is 2.58 bits per heavy atom. The van der Waals surface area contributed by atoms with Gasteiger partial charge in [-0.2, -0.15) is 5.10 Å². The van der Waals surface area contributed by atoms with Crippen LogP contribution in [0.4, 0.5) is 26.2 Å². The summed E-state index contributed by atoms with van der Waals surface area (Å²) in [6, 6.07) is 9.18. The zero-order chi connectivity index (χ0) is 22.9. The Morgan fingerprint density at radius 1 is 1.12 bits per heavy atom. The molecule has 1 amide bonds. The summed E-state index contributed by atoms with van der Waals surface area (Å²) in [5, 5.41) is 16.3. The molecule has 172 valence electrons. The number of carbonyl (C=O) groups is 1. The predicted molar refractivity (Wildman–Crippen MR) is 121 cm³/mol. The number of amides is 1. The highest BCUT2D eigenvalue weighted by atomic mass is 19.1. The topological polar surface area (TPSA) is 94.7 Å². The molecule has 0 unspecified atom stereocenters. The summed E-state index contributed by atoms with van der Waals surface area (Å²) in [5.74, 6) is 0.636. The minimum atomic E-state index is -0.540. The summed E-state index contributed by atoms with van der Waals surface area (Å²) in [7, 11) is 0. The van der Waals surface area contributed by atoms with Crippen LogP contribution in [0, 0.1) is 17.6 Å². The van der Waals surface area contributed by atoms with Crippen molar-refractivity contribution in [3.8, 4) is 0 Å². The predicted octanol–water partition coefficient (Wildman–Crippen LogP) is 4.90. The Balaban J connectivity index is 1.39. The van der Waals surface area contributed by atoms with Gasteiger partial charge in [-0.3, -0.25) is 9.89 Å². The first-order valence-corrected chi connectivity index (χ1v) is 11.3. The Kier molecular flexibility index (Phi) is 5.70. The second-order valence-corrected chi connectivity index (χ2v) is 8.84. The standard InChI is InChI=1S/C24H26F2N6O/c1-13(14-6-8-18(25)9-7-14)28-22-17(12-27-24(33)16-4-5-16)10-19(26)23(30-22)29-21-11-20(31-32-21)15-2-3-15/h6-11,13,15-16H,2-5,12H2,1H3,(H,27,33)(H3,28,29,30,31,32)/t13-/m0/s1. The molecule has 3 aromatic rings. The summed E-state index contributed by atoms with van der Waals surface area (Å²) in [5.41, 5.74) is 2.41. The fourth-order valence-electron chi connectivity index (χ4n) is 3.71. The lowest BCUT2D eigenvalue weighted by Gasteiger charge is -2.19. The van der Waals surface area contributed by atoms with Crippen molar-refractivity contribution in [3.63, 3.8) is 0 Å². The van der Waals surface area contributed by atoms with Gasteiger partial charge in [0.1, 0.15) is 11.6 Å². The number of pyridine rings is 1. The third-order valence-electron chi connectivity index (χ3n) is 6.04. The van der Waals surface area contributed by atoms with Crippen molar-refractivity contribution in [1.29, 1.82) is 0 Å². The van der Waals surface area contributed by atoms with Crippen LogP contribution in [0.3, 0.4) is 0 Å². The fourth-order valence-corrected chi connectivity index (χ4v) is 3.71. The van der Waals surface area contributed by atoms with E-state index in [1.807, 2.05) is 13.0 Å². The SMILES string of the molecule is C[C@H](Nc1nc(Nc2cc(C3CC3)[nH]n2)c(F)cc1CNC(=O)C1CC1)c1ccc(F)cc1. The Morgan fingerprint density at radius 2 is 1.88 bits per heavy atom. The number of anilines is 3. The fraction of sp³-hybridized carbons (Fsp3) is 0.375. The summed E-state index contributed by atoms with van der Waals surface area (Å²) in [6.07, 6.45) is 4.04. The van der Waals surface area contributed by atoms with E-state index in [0.29, 0.717) is 23.1 Å². The molecule has 1 atom stereocenters. The second-order valence-electron chi connectivity index (χ2n) is 8.84. The van der Waals surface area contributed by atoms with E-state index in [-0.39, 0.29) is 36.0 Å². The molecular weight excluding hydrogens is 426 g/mol. The zero-order valence-electron chi connectivity index (χ0n) is 18.3. The van der Waals surface area contributed by atoms with Crippen molar-refractivity contribution in [1.82, 2.24) is 20.5 Å². The van der Waals surface area contributed by atoms with Crippen LogP contribution in [-0.2, 0) is 11.3 Å². The van der Waals surface area contributed by atoms with Crippen LogP contribution in [0.15, 0.2) is 36.4 Å². The minimum absolute atomic E-state index is 0.0285. The number of nitrogens with zero attached hydrogens (tertiary/aromatic N) is 2. The first-order valence-electron chi connectivity index (χ1n) is 11.3. The smallest absolute Gasteiger partial charge is 0.223 e. The molecule has 5 rings (SSSR count). The number of hydrogen-bond donors (Lipinski definition) is 4. The van der Waals surface area contributed by atoms with Gasteiger partial charge >= 0.3 is 0 Å². The highest BCUT2D eigenvalue weighted by molar-refractivity contribution is 5.81. The third-order valence-corrected chi connectivity index (χ3v) is 6.04. The zero-order valence-corrected chi connectivity index (χ0v) is 18.3. The Hall–Kier alpha value is -3.49. The van der Waals surface area contributed by atoms with Crippen molar-refractivity contribution >= 4 is 23.4 Å². The van der Waals surface area contributed by atoms with E-state index in [1.54, 1.807) is 12.1 Å². The monoisotopic (exact) mass is 452 g/mol. The lowest BCUT2D eigenvalue weighted by atomic mass is 10.1. The van der Waals surface area contributed by atoms with E-state index in [2.05, 4.69) is 31.1 Å². The molecule has 0 bridgehead atoms. The third kappa shape index (κ3) is 5.13. The number of aromatic amines is 1. The van der Waals surface area contributed by atoms with E-state index in [0.717, 1.165) is 36.9 Å². The van der Waals surface area contributed by atoms with Crippen LogP contribution in [0.5, 0.6) is 0 Å². The number of hydrogen-bond acceptors (Lipinski definition) is 5. The number of carbonyl (C=O) groups excluding carboxylic acids is 1. The number of nitrogens with one attached hydrogen (secondary N) is 4. The molecular formula is C24H26F2N6O. The molecule has 2 aliphatic rings. The molecule has 0 spiro atoms. The Bertz CT molecular complexity index is 1150. The van der Waals surface area contributed by atoms with Gasteiger partial charge < -0.3 is 16.0 Å². The highest BCUT2D eigenvalue weighted by Gasteiger charge is 2.29. The van der Waals surface area contributed by atoms with Gasteiger partial charge in [-0.25, -0.2) is 13.8 Å². The lowest BCUT2D eigenvalue weighted by molar-refractivity contribution is -0.122. The second kappa shape index (κ2) is 8.80. The van der Waals surface area contributed by atoms with Crippen LogP contribution < -0.4 is 16.0 Å². The molecule has 1 aromatic carbocycles. The first-order chi connectivity index (χ1) is 16.0. The number of halogens is 2. The maximum absolute atomic E-state index is 14.9. The molecule has 0 saturated heterocycles. The van der Waals surface area contributed by atoms with Gasteiger partial charge in [0, 0.05) is 41.7 Å². The van der Waals surface area contributed by atoms with Crippen LogP contribution in [0.2, 0.25) is 0 Å². The molecule has 0 aliphatic heterocycles. The van der Waals surface area contributed by atoms with Gasteiger partial charge in [-0.05, 0) is 56.4 Å². The number of H-pyrrole nitrogens is 1. The molecule has 2 fully saturated rings. The Labute approximate surface area is 190 Å². The van der Waals surface area contributed by atoms with Crippen LogP contribution in [-0.4, -0.2) is 21.1 Å². The molecule has 2 heterocycles. The van der Waals surface area contributed by atoms with Crippen molar-refractivity contribution in [2.45, 2.75) is 51.1 Å².